The molecule has 0 radical (unpaired) electrons. The first kappa shape index (κ1) is 19.9. The highest BCUT2D eigenvalue weighted by atomic mass is 19.1. The Morgan fingerprint density at radius 3 is 2.15 bits per heavy atom. The fourth-order valence-corrected chi connectivity index (χ4v) is 2.24. The molecule has 2 aromatic carbocycles. The van der Waals surface area contributed by atoms with Crippen molar-refractivity contribution in [2.24, 2.45) is 0 Å². The second kappa shape index (κ2) is 8.79. The third kappa shape index (κ3) is 5.27. The van der Waals surface area contributed by atoms with Crippen LogP contribution in [0.5, 0.6) is 11.5 Å². The summed E-state index contributed by atoms with van der Waals surface area (Å²) >= 11 is 0. The molecule has 7 nitrogen and oxygen atoms in total. The van der Waals surface area contributed by atoms with Gasteiger partial charge >= 0.3 is 5.97 Å². The van der Waals surface area contributed by atoms with E-state index in [1.807, 2.05) is 0 Å². The van der Waals surface area contributed by atoms with Crippen molar-refractivity contribution < 1.29 is 33.0 Å². The van der Waals surface area contributed by atoms with Crippen LogP contribution in [0.1, 0.15) is 27.6 Å². The largest absolute Gasteiger partial charge is 0.497 e. The van der Waals surface area contributed by atoms with Crippen LogP contribution in [-0.4, -0.2) is 38.5 Å². The minimum atomic E-state index is -0.828. The van der Waals surface area contributed by atoms with Gasteiger partial charge in [0.1, 0.15) is 17.3 Å². The minimum absolute atomic E-state index is 0.125. The molecule has 0 aromatic heterocycles. The fraction of sp³-hybridized carbons (Fsp3) is 0.211. The third-order valence-electron chi connectivity index (χ3n) is 3.51. The Balaban J connectivity index is 2.07. The van der Waals surface area contributed by atoms with E-state index in [-0.39, 0.29) is 22.7 Å². The molecule has 2 rings (SSSR count). The number of benzene rings is 2. The van der Waals surface area contributed by atoms with Gasteiger partial charge in [-0.3, -0.25) is 9.59 Å². The third-order valence-corrected chi connectivity index (χ3v) is 3.51. The maximum absolute atomic E-state index is 14.1. The Morgan fingerprint density at radius 2 is 1.63 bits per heavy atom. The van der Waals surface area contributed by atoms with Gasteiger partial charge in [0, 0.05) is 18.7 Å². The van der Waals surface area contributed by atoms with Gasteiger partial charge in [0.15, 0.2) is 6.61 Å². The number of methoxy groups -OCH3 is 2. The van der Waals surface area contributed by atoms with Crippen LogP contribution in [0.3, 0.4) is 0 Å². The van der Waals surface area contributed by atoms with Crippen molar-refractivity contribution in [1.29, 1.82) is 0 Å². The molecule has 0 fully saturated rings. The topological polar surface area (TPSA) is 90.9 Å². The molecule has 8 heteroatoms. The van der Waals surface area contributed by atoms with Crippen molar-refractivity contribution >= 4 is 23.3 Å². The van der Waals surface area contributed by atoms with Gasteiger partial charge in [-0.15, -0.1) is 0 Å². The second-order valence-electron chi connectivity index (χ2n) is 5.48. The number of ether oxygens (including phenoxy) is 3. The summed E-state index contributed by atoms with van der Waals surface area (Å²) in [4.78, 5) is 35.2. The predicted molar refractivity (Wildman–Crippen MR) is 94.9 cm³/mol. The van der Waals surface area contributed by atoms with Gasteiger partial charge in [0.2, 0.25) is 11.7 Å². The van der Waals surface area contributed by atoms with Crippen LogP contribution >= 0.6 is 0 Å². The van der Waals surface area contributed by atoms with Gasteiger partial charge in [-0.1, -0.05) is 0 Å². The highest BCUT2D eigenvalue weighted by Crippen LogP contribution is 2.23. The highest BCUT2D eigenvalue weighted by molar-refractivity contribution is 6.00. The normalized spacial score (nSPS) is 10.1. The monoisotopic (exact) mass is 375 g/mol. The SMILES string of the molecule is COc1cc(OC)cc(C(=O)OCC(=O)c2ccc(NC(C)=O)cc2F)c1. The van der Waals surface area contributed by atoms with E-state index in [9.17, 15) is 18.8 Å². The molecule has 0 saturated carbocycles. The summed E-state index contributed by atoms with van der Waals surface area (Å²) in [5.41, 5.74) is 0.0950. The quantitative estimate of drug-likeness (QED) is 0.591. The van der Waals surface area contributed by atoms with Crippen LogP contribution in [-0.2, 0) is 9.53 Å². The molecule has 142 valence electrons. The molecule has 0 spiro atoms. The molecular formula is C19H18FNO6. The van der Waals surface area contributed by atoms with E-state index in [0.29, 0.717) is 11.5 Å². The Bertz CT molecular complexity index is 858. The molecule has 0 bridgehead atoms. The average molecular weight is 375 g/mol. The zero-order chi connectivity index (χ0) is 20.0. The zero-order valence-electron chi connectivity index (χ0n) is 15.0. The van der Waals surface area contributed by atoms with Gasteiger partial charge < -0.3 is 19.5 Å². The van der Waals surface area contributed by atoms with E-state index >= 15 is 0 Å². The number of Topliss-reactive ketones (excluding diaryl/α,β-unsaturated/α-hetero) is 1. The molecule has 0 aliphatic carbocycles. The molecule has 0 saturated heterocycles. The molecule has 1 amide bonds. The Hall–Kier alpha value is -3.42. The summed E-state index contributed by atoms with van der Waals surface area (Å²) < 4.78 is 29.1. The summed E-state index contributed by atoms with van der Waals surface area (Å²) in [5.74, 6) is -1.93. The minimum Gasteiger partial charge on any atom is -0.497 e. The maximum Gasteiger partial charge on any atom is 0.338 e. The predicted octanol–water partition coefficient (Wildman–Crippen LogP) is 2.84. The summed E-state index contributed by atoms with van der Waals surface area (Å²) in [7, 11) is 2.86. The van der Waals surface area contributed by atoms with Crippen LogP contribution in [0.2, 0.25) is 0 Å². The van der Waals surface area contributed by atoms with Gasteiger partial charge in [0.05, 0.1) is 25.3 Å². The molecule has 1 N–H and O–H groups in total. The molecular weight excluding hydrogens is 357 g/mol. The summed E-state index contributed by atoms with van der Waals surface area (Å²) in [6, 6.07) is 8.05. The Labute approximate surface area is 155 Å². The van der Waals surface area contributed by atoms with Crippen molar-refractivity contribution in [3.05, 3.63) is 53.3 Å². The number of amides is 1. The number of carbonyl (C=O) groups excluding carboxylic acids is 3. The molecule has 2 aromatic rings. The first-order valence-electron chi connectivity index (χ1n) is 7.84. The number of rotatable bonds is 7. The fourth-order valence-electron chi connectivity index (χ4n) is 2.24. The average Bonchev–Trinajstić information content (AvgIpc) is 2.64. The first-order valence-corrected chi connectivity index (χ1v) is 7.84. The summed E-state index contributed by atoms with van der Waals surface area (Å²) in [5, 5.41) is 2.41. The lowest BCUT2D eigenvalue weighted by atomic mass is 10.1. The van der Waals surface area contributed by atoms with Gasteiger partial charge in [-0.25, -0.2) is 9.18 Å². The number of ketones is 1. The van der Waals surface area contributed by atoms with E-state index in [4.69, 9.17) is 14.2 Å². The molecule has 0 atom stereocenters. The van der Waals surface area contributed by atoms with Gasteiger partial charge in [-0.2, -0.15) is 0 Å². The second-order valence-corrected chi connectivity index (χ2v) is 5.48. The van der Waals surface area contributed by atoms with E-state index in [0.717, 1.165) is 6.07 Å². The number of anilines is 1. The lowest BCUT2D eigenvalue weighted by molar-refractivity contribution is -0.114. The number of esters is 1. The van der Waals surface area contributed by atoms with E-state index in [1.165, 1.54) is 45.4 Å². The summed E-state index contributed by atoms with van der Waals surface area (Å²) in [6.45, 7) is 0.638. The number of halogens is 1. The van der Waals surface area contributed by atoms with Crippen molar-refractivity contribution in [2.45, 2.75) is 6.92 Å². The van der Waals surface area contributed by atoms with Crippen LogP contribution in [0.15, 0.2) is 36.4 Å². The molecule has 0 aliphatic heterocycles. The first-order chi connectivity index (χ1) is 12.8. The van der Waals surface area contributed by atoms with Crippen molar-refractivity contribution in [3.63, 3.8) is 0 Å². The van der Waals surface area contributed by atoms with Crippen LogP contribution in [0, 0.1) is 5.82 Å². The molecule has 0 unspecified atom stereocenters. The number of hydrogen-bond acceptors (Lipinski definition) is 6. The van der Waals surface area contributed by atoms with Gasteiger partial charge in [0.25, 0.3) is 0 Å². The number of carbonyl (C=O) groups is 3. The Morgan fingerprint density at radius 1 is 1.00 bits per heavy atom. The van der Waals surface area contributed by atoms with E-state index in [2.05, 4.69) is 5.32 Å². The molecule has 27 heavy (non-hydrogen) atoms. The standard InChI is InChI=1S/C19H18FNO6/c1-11(22)21-13-4-5-16(17(20)8-13)18(23)10-27-19(24)12-6-14(25-2)9-15(7-12)26-3/h4-9H,10H2,1-3H3,(H,21,22). The van der Waals surface area contributed by atoms with E-state index in [1.54, 1.807) is 6.07 Å². The smallest absolute Gasteiger partial charge is 0.338 e. The van der Waals surface area contributed by atoms with Crippen molar-refractivity contribution in [1.82, 2.24) is 0 Å². The zero-order valence-corrected chi connectivity index (χ0v) is 15.0. The maximum atomic E-state index is 14.1. The van der Waals surface area contributed by atoms with Crippen molar-refractivity contribution in [3.8, 4) is 11.5 Å². The van der Waals surface area contributed by atoms with Crippen LogP contribution < -0.4 is 14.8 Å². The number of hydrogen-bond donors (Lipinski definition) is 1. The van der Waals surface area contributed by atoms with Crippen LogP contribution in [0.4, 0.5) is 10.1 Å². The Kier molecular flexibility index (Phi) is 6.48. The summed E-state index contributed by atoms with van der Waals surface area (Å²) in [6.07, 6.45) is 0. The van der Waals surface area contributed by atoms with E-state index < -0.39 is 24.2 Å². The number of nitrogens with one attached hydrogen (secondary N) is 1. The molecule has 0 aliphatic rings. The van der Waals surface area contributed by atoms with Crippen LogP contribution in [0.25, 0.3) is 0 Å². The molecule has 0 heterocycles. The lowest BCUT2D eigenvalue weighted by Gasteiger charge is -2.09. The van der Waals surface area contributed by atoms with Crippen molar-refractivity contribution in [2.75, 3.05) is 26.1 Å². The lowest BCUT2D eigenvalue weighted by Crippen LogP contribution is -2.16. The highest BCUT2D eigenvalue weighted by Gasteiger charge is 2.17. The van der Waals surface area contributed by atoms with Gasteiger partial charge in [-0.05, 0) is 30.3 Å².